The highest BCUT2D eigenvalue weighted by Crippen LogP contribution is 2.23. The van der Waals surface area contributed by atoms with E-state index in [4.69, 9.17) is 0 Å². The fourth-order valence-electron chi connectivity index (χ4n) is 1.74. The summed E-state index contributed by atoms with van der Waals surface area (Å²) in [4.78, 5) is 13.4. The lowest BCUT2D eigenvalue weighted by Crippen LogP contribution is -2.44. The van der Waals surface area contributed by atoms with Crippen LogP contribution in [0.15, 0.2) is 24.3 Å². The first-order valence-corrected chi connectivity index (χ1v) is 4.96. The van der Waals surface area contributed by atoms with Crippen LogP contribution in [-0.2, 0) is 6.54 Å². The Bertz CT molecular complexity index is 349. The molecule has 0 fully saturated rings. The molecule has 0 aromatic heterocycles. The third-order valence-corrected chi connectivity index (χ3v) is 2.40. The number of nitrogens with zero attached hydrogens (tertiary/aromatic N) is 1. The van der Waals surface area contributed by atoms with Crippen molar-refractivity contribution in [2.24, 2.45) is 0 Å². The maximum absolute atomic E-state index is 11.6. The lowest BCUT2D eigenvalue weighted by Gasteiger charge is -2.29. The van der Waals surface area contributed by atoms with Crippen molar-refractivity contribution in [2.75, 3.05) is 11.4 Å². The molecule has 2 rings (SSSR count). The van der Waals surface area contributed by atoms with Gasteiger partial charge in [-0.3, -0.25) is 4.90 Å². The number of benzene rings is 1. The van der Waals surface area contributed by atoms with Crippen molar-refractivity contribution in [3.63, 3.8) is 0 Å². The van der Waals surface area contributed by atoms with Crippen molar-refractivity contribution >= 4 is 11.7 Å². The predicted molar refractivity (Wildman–Crippen MR) is 56.3 cm³/mol. The number of rotatable bonds is 2. The van der Waals surface area contributed by atoms with Crippen LogP contribution >= 0.6 is 0 Å². The number of nitrogens with one attached hydrogen (secondary N) is 1. The Kier molecular flexibility index (Phi) is 2.39. The fourth-order valence-corrected chi connectivity index (χ4v) is 1.74. The van der Waals surface area contributed by atoms with E-state index in [-0.39, 0.29) is 6.03 Å². The smallest absolute Gasteiger partial charge is 0.322 e. The average molecular weight is 190 g/mol. The van der Waals surface area contributed by atoms with Gasteiger partial charge in [-0.2, -0.15) is 0 Å². The minimum Gasteiger partial charge on any atom is -0.334 e. The van der Waals surface area contributed by atoms with E-state index in [0.29, 0.717) is 6.54 Å². The van der Waals surface area contributed by atoms with Crippen LogP contribution in [0.25, 0.3) is 0 Å². The van der Waals surface area contributed by atoms with Gasteiger partial charge in [-0.25, -0.2) is 4.79 Å². The van der Waals surface area contributed by atoms with Gasteiger partial charge in [0.15, 0.2) is 0 Å². The number of hydrogen-bond donors (Lipinski definition) is 1. The first kappa shape index (κ1) is 9.06. The molecular formula is C11H14N2O. The minimum absolute atomic E-state index is 0.0190. The molecule has 74 valence electrons. The molecule has 1 aliphatic heterocycles. The molecule has 0 saturated heterocycles. The molecule has 1 aromatic rings. The van der Waals surface area contributed by atoms with Crippen LogP contribution in [0.3, 0.4) is 0 Å². The molecule has 0 aliphatic carbocycles. The van der Waals surface area contributed by atoms with Crippen LogP contribution in [-0.4, -0.2) is 12.6 Å². The number of para-hydroxylation sites is 1. The first-order valence-electron chi connectivity index (χ1n) is 4.96. The fraction of sp³-hybridized carbons (Fsp3) is 0.364. The topological polar surface area (TPSA) is 32.3 Å². The van der Waals surface area contributed by atoms with E-state index in [9.17, 15) is 4.79 Å². The monoisotopic (exact) mass is 190 g/mol. The number of carbonyl (C=O) groups excluding carboxylic acids is 1. The second-order valence-corrected chi connectivity index (χ2v) is 3.44. The zero-order valence-electron chi connectivity index (χ0n) is 8.29. The number of hydrogen-bond acceptors (Lipinski definition) is 1. The van der Waals surface area contributed by atoms with Gasteiger partial charge in [-0.05, 0) is 18.1 Å². The number of amides is 2. The molecule has 1 aromatic carbocycles. The van der Waals surface area contributed by atoms with Gasteiger partial charge in [-0.1, -0.05) is 25.1 Å². The molecule has 1 aliphatic rings. The molecule has 1 N–H and O–H groups in total. The molecule has 0 bridgehead atoms. The van der Waals surface area contributed by atoms with Crippen LogP contribution in [0.2, 0.25) is 0 Å². The van der Waals surface area contributed by atoms with Gasteiger partial charge in [0.05, 0.1) is 5.69 Å². The summed E-state index contributed by atoms with van der Waals surface area (Å²) in [6, 6.07) is 8.05. The van der Waals surface area contributed by atoms with E-state index in [1.54, 1.807) is 4.90 Å². The molecular weight excluding hydrogens is 176 g/mol. The summed E-state index contributed by atoms with van der Waals surface area (Å²) >= 11 is 0. The average Bonchev–Trinajstić information content (AvgIpc) is 2.23. The Labute approximate surface area is 83.7 Å². The summed E-state index contributed by atoms with van der Waals surface area (Å²) in [6.07, 6.45) is 0.974. The van der Waals surface area contributed by atoms with Gasteiger partial charge in [0, 0.05) is 13.1 Å². The SMILES string of the molecule is CCCN1C(=O)NCc2ccccc21. The van der Waals surface area contributed by atoms with E-state index in [1.165, 1.54) is 5.56 Å². The highest BCUT2D eigenvalue weighted by Gasteiger charge is 2.21. The van der Waals surface area contributed by atoms with Crippen molar-refractivity contribution in [1.29, 1.82) is 0 Å². The molecule has 1 heterocycles. The Morgan fingerprint density at radius 2 is 2.21 bits per heavy atom. The molecule has 0 atom stereocenters. The van der Waals surface area contributed by atoms with Gasteiger partial charge in [0.1, 0.15) is 0 Å². The number of fused-ring (bicyclic) bond motifs is 1. The molecule has 2 amide bonds. The molecule has 0 radical (unpaired) electrons. The van der Waals surface area contributed by atoms with Gasteiger partial charge in [-0.15, -0.1) is 0 Å². The molecule has 3 nitrogen and oxygen atoms in total. The van der Waals surface area contributed by atoms with Crippen LogP contribution in [0.5, 0.6) is 0 Å². The van der Waals surface area contributed by atoms with E-state index < -0.39 is 0 Å². The van der Waals surface area contributed by atoms with Gasteiger partial charge in [0.2, 0.25) is 0 Å². The summed E-state index contributed by atoms with van der Waals surface area (Å²) in [7, 11) is 0. The normalized spacial score (nSPS) is 14.9. The first-order chi connectivity index (χ1) is 6.83. The van der Waals surface area contributed by atoms with Gasteiger partial charge in [0.25, 0.3) is 0 Å². The predicted octanol–water partition coefficient (Wildman–Crippen LogP) is 2.13. The van der Waals surface area contributed by atoms with Gasteiger partial charge >= 0.3 is 6.03 Å². The third-order valence-electron chi connectivity index (χ3n) is 2.40. The van der Waals surface area contributed by atoms with Crippen molar-refractivity contribution in [1.82, 2.24) is 5.32 Å². The molecule has 0 saturated carbocycles. The highest BCUT2D eigenvalue weighted by molar-refractivity contribution is 5.94. The maximum atomic E-state index is 11.6. The van der Waals surface area contributed by atoms with E-state index in [0.717, 1.165) is 18.7 Å². The Morgan fingerprint density at radius 1 is 1.43 bits per heavy atom. The van der Waals surface area contributed by atoms with Crippen molar-refractivity contribution in [2.45, 2.75) is 19.9 Å². The molecule has 0 spiro atoms. The van der Waals surface area contributed by atoms with E-state index in [2.05, 4.69) is 18.3 Å². The van der Waals surface area contributed by atoms with E-state index in [1.807, 2.05) is 18.2 Å². The summed E-state index contributed by atoms with van der Waals surface area (Å²) < 4.78 is 0. The van der Waals surface area contributed by atoms with Crippen molar-refractivity contribution < 1.29 is 4.79 Å². The number of urea groups is 1. The second kappa shape index (κ2) is 3.70. The Morgan fingerprint density at radius 3 is 3.00 bits per heavy atom. The summed E-state index contributed by atoms with van der Waals surface area (Å²) in [5.41, 5.74) is 2.25. The molecule has 3 heteroatoms. The second-order valence-electron chi connectivity index (χ2n) is 3.44. The quantitative estimate of drug-likeness (QED) is 0.761. The lowest BCUT2D eigenvalue weighted by atomic mass is 10.1. The highest BCUT2D eigenvalue weighted by atomic mass is 16.2. The van der Waals surface area contributed by atoms with Crippen molar-refractivity contribution in [3.8, 4) is 0 Å². The van der Waals surface area contributed by atoms with Crippen LogP contribution in [0.1, 0.15) is 18.9 Å². The standard InChI is InChI=1S/C11H14N2O/c1-2-7-13-10-6-4-3-5-9(10)8-12-11(13)14/h3-6H,2,7-8H2,1H3,(H,12,14). The third kappa shape index (κ3) is 1.45. The number of anilines is 1. The Balaban J connectivity index is 2.36. The zero-order valence-corrected chi connectivity index (χ0v) is 8.29. The summed E-state index contributed by atoms with van der Waals surface area (Å²) in [5, 5.41) is 2.86. The Hall–Kier alpha value is -1.51. The van der Waals surface area contributed by atoms with Crippen LogP contribution in [0.4, 0.5) is 10.5 Å². The summed E-state index contributed by atoms with van der Waals surface area (Å²) in [5.74, 6) is 0. The largest absolute Gasteiger partial charge is 0.334 e. The van der Waals surface area contributed by atoms with Crippen LogP contribution in [0, 0.1) is 0 Å². The lowest BCUT2D eigenvalue weighted by molar-refractivity contribution is 0.244. The minimum atomic E-state index is 0.0190. The molecule has 0 unspecified atom stereocenters. The van der Waals surface area contributed by atoms with E-state index >= 15 is 0 Å². The number of carbonyl (C=O) groups is 1. The maximum Gasteiger partial charge on any atom is 0.322 e. The summed E-state index contributed by atoms with van der Waals surface area (Å²) in [6.45, 7) is 3.50. The van der Waals surface area contributed by atoms with Gasteiger partial charge < -0.3 is 5.32 Å². The molecule has 14 heavy (non-hydrogen) atoms. The van der Waals surface area contributed by atoms with Crippen LogP contribution < -0.4 is 10.2 Å². The van der Waals surface area contributed by atoms with Crippen molar-refractivity contribution in [3.05, 3.63) is 29.8 Å². The zero-order chi connectivity index (χ0) is 9.97.